The molecule has 1 heterocycles. The first-order valence-electron chi connectivity index (χ1n) is 4.54. The number of aliphatic hydroxyl groups is 1. The molecule has 74 valence electrons. The standard InChI is InChI=1S/C10H17NOS/c1-7(12)5-11-6-10-4-8(2)13-9(10)3/h4,7,11-12H,5-6H2,1-3H3. The van der Waals surface area contributed by atoms with Gasteiger partial charge in [0.25, 0.3) is 0 Å². The van der Waals surface area contributed by atoms with E-state index in [-0.39, 0.29) is 6.10 Å². The van der Waals surface area contributed by atoms with E-state index in [9.17, 15) is 0 Å². The molecule has 0 aliphatic heterocycles. The summed E-state index contributed by atoms with van der Waals surface area (Å²) in [5, 5.41) is 12.3. The molecule has 0 aliphatic rings. The number of hydrogen-bond acceptors (Lipinski definition) is 3. The maximum absolute atomic E-state index is 9.04. The quantitative estimate of drug-likeness (QED) is 0.775. The largest absolute Gasteiger partial charge is 0.392 e. The van der Waals surface area contributed by atoms with Crippen molar-refractivity contribution in [3.8, 4) is 0 Å². The van der Waals surface area contributed by atoms with Crippen LogP contribution in [0.15, 0.2) is 6.07 Å². The van der Waals surface area contributed by atoms with E-state index in [0.29, 0.717) is 6.54 Å². The smallest absolute Gasteiger partial charge is 0.0636 e. The van der Waals surface area contributed by atoms with E-state index in [4.69, 9.17) is 5.11 Å². The number of rotatable bonds is 4. The second kappa shape index (κ2) is 4.74. The fourth-order valence-electron chi connectivity index (χ4n) is 1.27. The molecule has 2 nitrogen and oxygen atoms in total. The van der Waals surface area contributed by atoms with Crippen molar-refractivity contribution in [2.24, 2.45) is 0 Å². The second-order valence-electron chi connectivity index (χ2n) is 3.42. The SMILES string of the molecule is Cc1cc(CNCC(C)O)c(C)s1. The zero-order chi connectivity index (χ0) is 9.84. The van der Waals surface area contributed by atoms with Crippen LogP contribution in [0.2, 0.25) is 0 Å². The van der Waals surface area contributed by atoms with Crippen molar-refractivity contribution >= 4 is 11.3 Å². The molecule has 0 radical (unpaired) electrons. The zero-order valence-electron chi connectivity index (χ0n) is 8.42. The highest BCUT2D eigenvalue weighted by Gasteiger charge is 2.02. The molecule has 2 N–H and O–H groups in total. The Hall–Kier alpha value is -0.380. The Kier molecular flexibility index (Phi) is 3.90. The third-order valence-corrected chi connectivity index (χ3v) is 2.91. The lowest BCUT2D eigenvalue weighted by Gasteiger charge is -2.05. The lowest BCUT2D eigenvalue weighted by Crippen LogP contribution is -2.23. The van der Waals surface area contributed by atoms with Crippen LogP contribution in [0.1, 0.15) is 22.2 Å². The van der Waals surface area contributed by atoms with Gasteiger partial charge in [0.2, 0.25) is 0 Å². The lowest BCUT2D eigenvalue weighted by molar-refractivity contribution is 0.191. The van der Waals surface area contributed by atoms with Crippen LogP contribution in [0.25, 0.3) is 0 Å². The normalized spacial score (nSPS) is 13.2. The van der Waals surface area contributed by atoms with Crippen LogP contribution in [0, 0.1) is 13.8 Å². The van der Waals surface area contributed by atoms with Crippen molar-refractivity contribution in [2.75, 3.05) is 6.54 Å². The van der Waals surface area contributed by atoms with E-state index in [1.54, 1.807) is 6.92 Å². The van der Waals surface area contributed by atoms with E-state index in [0.717, 1.165) is 6.54 Å². The third-order valence-electron chi connectivity index (χ3n) is 1.90. The maximum atomic E-state index is 9.04. The molecule has 0 spiro atoms. The molecule has 1 rings (SSSR count). The minimum absolute atomic E-state index is 0.264. The van der Waals surface area contributed by atoms with Crippen LogP contribution in [-0.4, -0.2) is 17.8 Å². The van der Waals surface area contributed by atoms with E-state index in [1.807, 2.05) is 11.3 Å². The van der Waals surface area contributed by atoms with Gasteiger partial charge in [0.15, 0.2) is 0 Å². The van der Waals surface area contributed by atoms with Crippen LogP contribution in [0.3, 0.4) is 0 Å². The molecular weight excluding hydrogens is 182 g/mol. The Morgan fingerprint density at radius 2 is 2.23 bits per heavy atom. The predicted octanol–water partition coefficient (Wildman–Crippen LogP) is 1.84. The Balaban J connectivity index is 2.40. The zero-order valence-corrected chi connectivity index (χ0v) is 9.24. The molecular formula is C10H17NOS. The summed E-state index contributed by atoms with van der Waals surface area (Å²) >= 11 is 1.83. The van der Waals surface area contributed by atoms with Crippen molar-refractivity contribution < 1.29 is 5.11 Å². The number of aryl methyl sites for hydroxylation is 2. The number of thiophene rings is 1. The van der Waals surface area contributed by atoms with E-state index >= 15 is 0 Å². The van der Waals surface area contributed by atoms with Crippen LogP contribution in [0.4, 0.5) is 0 Å². The molecule has 1 atom stereocenters. The molecule has 0 fully saturated rings. The molecule has 0 saturated heterocycles. The first kappa shape index (κ1) is 10.7. The van der Waals surface area contributed by atoms with Crippen LogP contribution in [0.5, 0.6) is 0 Å². The molecule has 0 aromatic carbocycles. The summed E-state index contributed by atoms with van der Waals surface area (Å²) in [5.74, 6) is 0. The van der Waals surface area contributed by atoms with Gasteiger partial charge in [0.05, 0.1) is 6.10 Å². The van der Waals surface area contributed by atoms with Gasteiger partial charge in [-0.15, -0.1) is 11.3 Å². The fourth-order valence-corrected chi connectivity index (χ4v) is 2.22. The van der Waals surface area contributed by atoms with Gasteiger partial charge < -0.3 is 10.4 Å². The van der Waals surface area contributed by atoms with Gasteiger partial charge in [0, 0.05) is 22.8 Å². The highest BCUT2D eigenvalue weighted by Crippen LogP contribution is 2.19. The van der Waals surface area contributed by atoms with E-state index < -0.39 is 0 Å². The molecule has 0 saturated carbocycles. The Morgan fingerprint density at radius 3 is 2.69 bits per heavy atom. The summed E-state index contributed by atoms with van der Waals surface area (Å²) < 4.78 is 0. The first-order valence-corrected chi connectivity index (χ1v) is 5.36. The van der Waals surface area contributed by atoms with Crippen molar-refractivity contribution in [2.45, 2.75) is 33.4 Å². The third kappa shape index (κ3) is 3.46. The van der Waals surface area contributed by atoms with Gasteiger partial charge in [-0.2, -0.15) is 0 Å². The lowest BCUT2D eigenvalue weighted by atomic mass is 10.2. The average Bonchev–Trinajstić information content (AvgIpc) is 2.29. The Morgan fingerprint density at radius 1 is 1.54 bits per heavy atom. The monoisotopic (exact) mass is 199 g/mol. The van der Waals surface area contributed by atoms with Gasteiger partial charge in [-0.05, 0) is 32.4 Å². The molecule has 0 aliphatic carbocycles. The number of nitrogens with one attached hydrogen (secondary N) is 1. The Bertz CT molecular complexity index is 268. The minimum atomic E-state index is -0.264. The van der Waals surface area contributed by atoms with Crippen LogP contribution < -0.4 is 5.32 Å². The summed E-state index contributed by atoms with van der Waals surface area (Å²) in [7, 11) is 0. The van der Waals surface area contributed by atoms with Gasteiger partial charge in [-0.25, -0.2) is 0 Å². The molecule has 1 aromatic rings. The highest BCUT2D eigenvalue weighted by atomic mass is 32.1. The predicted molar refractivity (Wildman–Crippen MR) is 57.2 cm³/mol. The van der Waals surface area contributed by atoms with Gasteiger partial charge in [-0.3, -0.25) is 0 Å². The molecule has 0 bridgehead atoms. The van der Waals surface area contributed by atoms with E-state index in [1.165, 1.54) is 15.3 Å². The minimum Gasteiger partial charge on any atom is -0.392 e. The summed E-state index contributed by atoms with van der Waals surface area (Å²) in [6.45, 7) is 7.57. The first-order chi connectivity index (χ1) is 6.09. The van der Waals surface area contributed by atoms with Crippen molar-refractivity contribution in [3.05, 3.63) is 21.4 Å². The van der Waals surface area contributed by atoms with Gasteiger partial charge in [-0.1, -0.05) is 0 Å². The average molecular weight is 199 g/mol. The molecule has 13 heavy (non-hydrogen) atoms. The van der Waals surface area contributed by atoms with E-state index in [2.05, 4.69) is 25.2 Å². The van der Waals surface area contributed by atoms with Crippen LogP contribution in [-0.2, 0) is 6.54 Å². The highest BCUT2D eigenvalue weighted by molar-refractivity contribution is 7.12. The van der Waals surface area contributed by atoms with Crippen molar-refractivity contribution in [1.29, 1.82) is 0 Å². The maximum Gasteiger partial charge on any atom is 0.0636 e. The molecule has 1 aromatic heterocycles. The van der Waals surface area contributed by atoms with Gasteiger partial charge in [0.1, 0.15) is 0 Å². The number of aliphatic hydroxyl groups excluding tert-OH is 1. The summed E-state index contributed by atoms with van der Waals surface area (Å²) in [6.07, 6.45) is -0.264. The van der Waals surface area contributed by atoms with Gasteiger partial charge >= 0.3 is 0 Å². The second-order valence-corrected chi connectivity index (χ2v) is 4.88. The van der Waals surface area contributed by atoms with Crippen molar-refractivity contribution in [1.82, 2.24) is 5.32 Å². The molecule has 3 heteroatoms. The summed E-state index contributed by atoms with van der Waals surface area (Å²) in [6, 6.07) is 2.20. The fraction of sp³-hybridized carbons (Fsp3) is 0.600. The van der Waals surface area contributed by atoms with Crippen LogP contribution >= 0.6 is 11.3 Å². The summed E-state index contributed by atoms with van der Waals surface area (Å²) in [5.41, 5.74) is 1.35. The molecule has 1 unspecified atom stereocenters. The molecule has 0 amide bonds. The summed E-state index contributed by atoms with van der Waals surface area (Å²) in [4.78, 5) is 2.72. The topological polar surface area (TPSA) is 32.3 Å². The van der Waals surface area contributed by atoms with Crippen molar-refractivity contribution in [3.63, 3.8) is 0 Å². The number of hydrogen-bond donors (Lipinski definition) is 2. The Labute approximate surface area is 83.6 Å².